The first kappa shape index (κ1) is 6.55. The summed E-state index contributed by atoms with van der Waals surface area (Å²) < 4.78 is 0. The van der Waals surface area contributed by atoms with Gasteiger partial charge in [-0.15, -0.1) is 0 Å². The maximum Gasteiger partial charge on any atom is 0.220 e. The van der Waals surface area contributed by atoms with E-state index in [4.69, 9.17) is 5.73 Å². The second-order valence-corrected chi connectivity index (χ2v) is 2.56. The van der Waals surface area contributed by atoms with Crippen LogP contribution < -0.4 is 11.1 Å². The molecule has 0 radical (unpaired) electrons. The molecule has 0 bridgehead atoms. The Labute approximate surface area is 54.6 Å². The first-order valence-electron chi connectivity index (χ1n) is 3.25. The average molecular weight is 128 g/mol. The molecule has 0 spiro atoms. The number of piperidine rings is 1. The molecule has 0 aromatic heterocycles. The molecular formula is C6H12N2O. The van der Waals surface area contributed by atoms with Crippen molar-refractivity contribution in [3.63, 3.8) is 0 Å². The Morgan fingerprint density at radius 3 is 2.89 bits per heavy atom. The van der Waals surface area contributed by atoms with Crippen molar-refractivity contribution in [2.45, 2.75) is 31.8 Å². The maximum absolute atomic E-state index is 10.7. The van der Waals surface area contributed by atoms with Gasteiger partial charge in [-0.1, -0.05) is 0 Å². The first-order valence-corrected chi connectivity index (χ1v) is 3.25. The number of hydrogen-bond donors (Lipinski definition) is 2. The smallest absolute Gasteiger partial charge is 0.220 e. The molecule has 2 atom stereocenters. The van der Waals surface area contributed by atoms with Crippen molar-refractivity contribution in [1.29, 1.82) is 0 Å². The van der Waals surface area contributed by atoms with Gasteiger partial charge >= 0.3 is 0 Å². The van der Waals surface area contributed by atoms with E-state index in [1.54, 1.807) is 0 Å². The van der Waals surface area contributed by atoms with Crippen molar-refractivity contribution in [3.05, 3.63) is 0 Å². The van der Waals surface area contributed by atoms with Crippen molar-refractivity contribution >= 4 is 5.91 Å². The van der Waals surface area contributed by atoms with Gasteiger partial charge in [-0.2, -0.15) is 0 Å². The van der Waals surface area contributed by atoms with Crippen LogP contribution in [-0.2, 0) is 4.79 Å². The van der Waals surface area contributed by atoms with Crippen molar-refractivity contribution in [1.82, 2.24) is 5.32 Å². The summed E-state index contributed by atoms with van der Waals surface area (Å²) in [6.45, 7) is 1.93. The molecule has 3 heteroatoms. The lowest BCUT2D eigenvalue weighted by Gasteiger charge is -2.25. The van der Waals surface area contributed by atoms with E-state index in [1.807, 2.05) is 6.92 Å². The number of rotatable bonds is 0. The second-order valence-electron chi connectivity index (χ2n) is 2.56. The highest BCUT2D eigenvalue weighted by molar-refractivity contribution is 5.77. The Morgan fingerprint density at radius 1 is 1.78 bits per heavy atom. The fourth-order valence-electron chi connectivity index (χ4n) is 0.981. The molecule has 0 aromatic carbocycles. The van der Waals surface area contributed by atoms with E-state index < -0.39 is 0 Å². The van der Waals surface area contributed by atoms with Gasteiger partial charge in [0, 0.05) is 18.5 Å². The molecule has 0 unspecified atom stereocenters. The van der Waals surface area contributed by atoms with Crippen LogP contribution in [0, 0.1) is 0 Å². The largest absolute Gasteiger partial charge is 0.352 e. The topological polar surface area (TPSA) is 55.1 Å². The SMILES string of the molecule is C[C@H]1NC(=O)CC[C@H]1N. The maximum atomic E-state index is 10.7. The molecule has 1 rings (SSSR count). The molecule has 1 amide bonds. The standard InChI is InChI=1S/C6H12N2O/c1-4-5(7)2-3-6(9)8-4/h4-5H,2-3,7H2,1H3,(H,8,9)/t4-,5-/m1/s1. The predicted molar refractivity (Wildman–Crippen MR) is 34.8 cm³/mol. The molecule has 3 nitrogen and oxygen atoms in total. The van der Waals surface area contributed by atoms with Gasteiger partial charge in [-0.25, -0.2) is 0 Å². The summed E-state index contributed by atoms with van der Waals surface area (Å²) in [4.78, 5) is 10.7. The molecule has 1 heterocycles. The summed E-state index contributed by atoms with van der Waals surface area (Å²) in [7, 11) is 0. The molecule has 1 saturated heterocycles. The zero-order chi connectivity index (χ0) is 6.85. The zero-order valence-electron chi connectivity index (χ0n) is 5.55. The minimum Gasteiger partial charge on any atom is -0.352 e. The van der Waals surface area contributed by atoms with Crippen LogP contribution in [0.3, 0.4) is 0 Å². The van der Waals surface area contributed by atoms with Crippen LogP contribution in [0.5, 0.6) is 0 Å². The molecule has 1 fully saturated rings. The van der Waals surface area contributed by atoms with E-state index in [1.165, 1.54) is 0 Å². The van der Waals surface area contributed by atoms with E-state index in [0.29, 0.717) is 6.42 Å². The highest BCUT2D eigenvalue weighted by atomic mass is 16.1. The Morgan fingerprint density at radius 2 is 2.44 bits per heavy atom. The zero-order valence-corrected chi connectivity index (χ0v) is 5.55. The summed E-state index contributed by atoms with van der Waals surface area (Å²) >= 11 is 0. The fourth-order valence-corrected chi connectivity index (χ4v) is 0.981. The van der Waals surface area contributed by atoms with Gasteiger partial charge < -0.3 is 11.1 Å². The van der Waals surface area contributed by atoms with Crippen molar-refractivity contribution in [3.8, 4) is 0 Å². The molecule has 3 N–H and O–H groups in total. The lowest BCUT2D eigenvalue weighted by atomic mass is 10.0. The Hall–Kier alpha value is -0.570. The van der Waals surface area contributed by atoms with Crippen LogP contribution in [0.4, 0.5) is 0 Å². The van der Waals surface area contributed by atoms with Crippen LogP contribution in [-0.4, -0.2) is 18.0 Å². The molecule has 0 aromatic rings. The van der Waals surface area contributed by atoms with E-state index in [2.05, 4.69) is 5.32 Å². The summed E-state index contributed by atoms with van der Waals surface area (Å²) in [6, 6.07) is 0.314. The van der Waals surface area contributed by atoms with E-state index in [9.17, 15) is 4.79 Å². The first-order chi connectivity index (χ1) is 4.20. The van der Waals surface area contributed by atoms with E-state index >= 15 is 0 Å². The normalized spacial score (nSPS) is 36.0. The number of carbonyl (C=O) groups is 1. The summed E-state index contributed by atoms with van der Waals surface area (Å²) in [5, 5.41) is 2.77. The number of nitrogens with two attached hydrogens (primary N) is 1. The molecule has 1 aliphatic rings. The van der Waals surface area contributed by atoms with Gasteiger partial charge in [0.1, 0.15) is 0 Å². The molecule has 0 saturated carbocycles. The van der Waals surface area contributed by atoms with Crippen molar-refractivity contribution < 1.29 is 4.79 Å². The number of hydrogen-bond acceptors (Lipinski definition) is 2. The van der Waals surface area contributed by atoms with Gasteiger partial charge in [-0.05, 0) is 13.3 Å². The third kappa shape index (κ3) is 1.42. The highest BCUT2D eigenvalue weighted by Gasteiger charge is 2.20. The van der Waals surface area contributed by atoms with Crippen LogP contribution in [0.15, 0.2) is 0 Å². The summed E-state index contributed by atoms with van der Waals surface area (Å²) in [6.07, 6.45) is 1.42. The van der Waals surface area contributed by atoms with Crippen molar-refractivity contribution in [2.75, 3.05) is 0 Å². The quantitative estimate of drug-likeness (QED) is 0.467. The molecule has 0 aliphatic carbocycles. The molecule has 1 aliphatic heterocycles. The van der Waals surface area contributed by atoms with Crippen LogP contribution in [0.25, 0.3) is 0 Å². The van der Waals surface area contributed by atoms with Crippen LogP contribution >= 0.6 is 0 Å². The molecule has 9 heavy (non-hydrogen) atoms. The molecule has 52 valence electrons. The lowest BCUT2D eigenvalue weighted by molar-refractivity contribution is -0.123. The minimum atomic E-state index is 0.129. The van der Waals surface area contributed by atoms with E-state index in [0.717, 1.165) is 6.42 Å². The van der Waals surface area contributed by atoms with Crippen LogP contribution in [0.1, 0.15) is 19.8 Å². The van der Waals surface area contributed by atoms with Gasteiger partial charge in [0.25, 0.3) is 0 Å². The Bertz CT molecular complexity index is 124. The van der Waals surface area contributed by atoms with Crippen LogP contribution in [0.2, 0.25) is 0 Å². The number of nitrogens with one attached hydrogen (secondary N) is 1. The van der Waals surface area contributed by atoms with Gasteiger partial charge in [0.05, 0.1) is 0 Å². The third-order valence-electron chi connectivity index (χ3n) is 1.74. The number of amides is 1. The molecular weight excluding hydrogens is 116 g/mol. The fraction of sp³-hybridized carbons (Fsp3) is 0.833. The van der Waals surface area contributed by atoms with Gasteiger partial charge in [-0.3, -0.25) is 4.79 Å². The highest BCUT2D eigenvalue weighted by Crippen LogP contribution is 2.05. The average Bonchev–Trinajstić information content (AvgIpc) is 1.80. The predicted octanol–water partition coefficient (Wildman–Crippen LogP) is -0.388. The second kappa shape index (κ2) is 2.35. The lowest BCUT2D eigenvalue weighted by Crippen LogP contribution is -2.50. The number of carbonyl (C=O) groups excluding carboxylic acids is 1. The minimum absolute atomic E-state index is 0.129. The van der Waals surface area contributed by atoms with Gasteiger partial charge in [0.15, 0.2) is 0 Å². The van der Waals surface area contributed by atoms with Crippen molar-refractivity contribution in [2.24, 2.45) is 5.73 Å². The van der Waals surface area contributed by atoms with Gasteiger partial charge in [0.2, 0.25) is 5.91 Å². The monoisotopic (exact) mass is 128 g/mol. The summed E-state index contributed by atoms with van der Waals surface area (Å²) in [5.41, 5.74) is 5.63. The van der Waals surface area contributed by atoms with E-state index in [-0.39, 0.29) is 18.0 Å². The third-order valence-corrected chi connectivity index (χ3v) is 1.74. The summed E-state index contributed by atoms with van der Waals surface area (Å²) in [5.74, 6) is 0.129. The Kier molecular flexibility index (Phi) is 1.71. The Balaban J connectivity index is 2.44.